The highest BCUT2D eigenvalue weighted by atomic mass is 16.2. The van der Waals surface area contributed by atoms with Crippen molar-refractivity contribution in [1.29, 1.82) is 0 Å². The number of aromatic amines is 1. The highest BCUT2D eigenvalue weighted by Gasteiger charge is 2.20. The standard InChI is InChI=1S/C25H24N6O2/c1-3-4-9-26-25(33)31-10-8-18-19(6-5-7-22(18)31)23(32)21-14-28-24-20(21)11-16(12-27-24)17-13-29-30(2)15-17/h5-8,10-15H,3-4,9H2,1-2H3,(H,26,33)(H,27,28). The Labute approximate surface area is 190 Å². The van der Waals surface area contributed by atoms with Crippen LogP contribution in [0.15, 0.2) is 61.3 Å². The lowest BCUT2D eigenvalue weighted by Gasteiger charge is -2.08. The van der Waals surface area contributed by atoms with Gasteiger partial charge in [0, 0.05) is 71.4 Å². The Morgan fingerprint density at radius 2 is 1.97 bits per heavy atom. The number of amides is 1. The summed E-state index contributed by atoms with van der Waals surface area (Å²) in [6.07, 6.45) is 10.8. The molecule has 0 atom stereocenters. The van der Waals surface area contributed by atoms with Crippen LogP contribution in [0.25, 0.3) is 33.1 Å². The Hall–Kier alpha value is -4.20. The van der Waals surface area contributed by atoms with E-state index in [9.17, 15) is 9.59 Å². The maximum Gasteiger partial charge on any atom is 0.326 e. The van der Waals surface area contributed by atoms with Gasteiger partial charge in [0.1, 0.15) is 5.65 Å². The monoisotopic (exact) mass is 440 g/mol. The number of nitrogens with zero attached hydrogens (tertiary/aromatic N) is 4. The van der Waals surface area contributed by atoms with Crippen LogP contribution in [-0.4, -0.2) is 42.7 Å². The molecule has 4 heterocycles. The molecule has 0 aliphatic heterocycles. The molecule has 0 fully saturated rings. The molecule has 4 aromatic heterocycles. The summed E-state index contributed by atoms with van der Waals surface area (Å²) in [7, 11) is 1.86. The number of carbonyl (C=O) groups excluding carboxylic acids is 2. The van der Waals surface area contributed by atoms with Crippen LogP contribution < -0.4 is 5.32 Å². The van der Waals surface area contributed by atoms with Crippen LogP contribution in [0.3, 0.4) is 0 Å². The third-order valence-electron chi connectivity index (χ3n) is 5.82. The molecule has 0 aliphatic carbocycles. The fraction of sp³-hybridized carbons (Fsp3) is 0.200. The first kappa shape index (κ1) is 20.7. The van der Waals surface area contributed by atoms with Gasteiger partial charge in [-0.2, -0.15) is 5.10 Å². The lowest BCUT2D eigenvalue weighted by atomic mass is 9.99. The zero-order chi connectivity index (χ0) is 22.9. The molecule has 0 radical (unpaired) electrons. The number of ketones is 1. The number of pyridine rings is 1. The first-order chi connectivity index (χ1) is 16.1. The Balaban J connectivity index is 1.53. The summed E-state index contributed by atoms with van der Waals surface area (Å²) in [5.41, 5.74) is 4.24. The van der Waals surface area contributed by atoms with Crippen LogP contribution >= 0.6 is 0 Å². The van der Waals surface area contributed by atoms with Crippen molar-refractivity contribution < 1.29 is 9.59 Å². The van der Waals surface area contributed by atoms with Gasteiger partial charge in [-0.1, -0.05) is 25.5 Å². The number of carbonyl (C=O) groups is 2. The molecule has 0 saturated carbocycles. The molecule has 5 aromatic rings. The number of H-pyrrole nitrogens is 1. The zero-order valence-electron chi connectivity index (χ0n) is 18.5. The van der Waals surface area contributed by atoms with E-state index in [0.717, 1.165) is 34.7 Å². The average Bonchev–Trinajstić information content (AvgIpc) is 3.56. The average molecular weight is 441 g/mol. The molecule has 0 saturated heterocycles. The molecule has 8 heteroatoms. The van der Waals surface area contributed by atoms with E-state index < -0.39 is 0 Å². The second-order valence-electron chi connectivity index (χ2n) is 8.06. The van der Waals surface area contributed by atoms with Gasteiger partial charge in [-0.15, -0.1) is 0 Å². The number of fused-ring (bicyclic) bond motifs is 2. The van der Waals surface area contributed by atoms with Crippen molar-refractivity contribution in [3.63, 3.8) is 0 Å². The number of aryl methyl sites for hydroxylation is 1. The minimum atomic E-state index is -0.194. The van der Waals surface area contributed by atoms with E-state index >= 15 is 0 Å². The highest BCUT2D eigenvalue weighted by molar-refractivity contribution is 6.21. The normalized spacial score (nSPS) is 11.3. The smallest absolute Gasteiger partial charge is 0.326 e. The molecule has 166 valence electrons. The number of aromatic nitrogens is 5. The molecule has 0 spiro atoms. The number of hydrogen-bond donors (Lipinski definition) is 2. The minimum absolute atomic E-state index is 0.124. The summed E-state index contributed by atoms with van der Waals surface area (Å²) in [4.78, 5) is 33.8. The molecule has 1 aromatic carbocycles. The number of rotatable bonds is 6. The quantitative estimate of drug-likeness (QED) is 0.300. The minimum Gasteiger partial charge on any atom is -0.345 e. The second-order valence-corrected chi connectivity index (χ2v) is 8.06. The summed E-state index contributed by atoms with van der Waals surface area (Å²) in [6.45, 7) is 2.70. The predicted octanol–water partition coefficient (Wildman–Crippen LogP) is 4.51. The molecular formula is C25H24N6O2. The van der Waals surface area contributed by atoms with E-state index in [0.29, 0.717) is 28.8 Å². The molecule has 5 rings (SSSR count). The molecule has 8 nitrogen and oxygen atoms in total. The van der Waals surface area contributed by atoms with Crippen molar-refractivity contribution in [2.75, 3.05) is 6.54 Å². The fourth-order valence-electron chi connectivity index (χ4n) is 4.06. The first-order valence-electron chi connectivity index (χ1n) is 11.0. The van der Waals surface area contributed by atoms with E-state index in [1.54, 1.807) is 46.2 Å². The summed E-state index contributed by atoms with van der Waals surface area (Å²) in [5, 5.41) is 8.62. The Bertz CT molecular complexity index is 1490. The van der Waals surface area contributed by atoms with Crippen LogP contribution in [0.2, 0.25) is 0 Å². The van der Waals surface area contributed by atoms with Crippen LogP contribution in [0, 0.1) is 0 Å². The van der Waals surface area contributed by atoms with Crippen molar-refractivity contribution >= 4 is 33.8 Å². The number of nitrogens with one attached hydrogen (secondary N) is 2. The topological polar surface area (TPSA) is 97.6 Å². The second kappa shape index (κ2) is 8.38. The largest absolute Gasteiger partial charge is 0.345 e. The molecule has 0 unspecified atom stereocenters. The van der Waals surface area contributed by atoms with Crippen LogP contribution in [0.4, 0.5) is 4.79 Å². The summed E-state index contributed by atoms with van der Waals surface area (Å²) in [5.74, 6) is -0.124. The van der Waals surface area contributed by atoms with Gasteiger partial charge in [0.25, 0.3) is 0 Å². The van der Waals surface area contributed by atoms with Crippen molar-refractivity contribution in [2.45, 2.75) is 19.8 Å². The van der Waals surface area contributed by atoms with E-state index in [1.807, 2.05) is 31.4 Å². The molecular weight excluding hydrogens is 416 g/mol. The Kier molecular flexibility index (Phi) is 5.26. The Morgan fingerprint density at radius 1 is 1.09 bits per heavy atom. The fourth-order valence-corrected chi connectivity index (χ4v) is 4.06. The van der Waals surface area contributed by atoms with Crippen molar-refractivity contribution in [3.05, 3.63) is 72.4 Å². The SMILES string of the molecule is CCCCNC(=O)n1ccc2c(C(=O)c3c[nH]c4ncc(-c5cnn(C)c5)cc34)cccc21. The van der Waals surface area contributed by atoms with Crippen LogP contribution in [0.5, 0.6) is 0 Å². The van der Waals surface area contributed by atoms with Crippen molar-refractivity contribution in [3.8, 4) is 11.1 Å². The van der Waals surface area contributed by atoms with Crippen molar-refractivity contribution in [1.82, 2.24) is 29.6 Å². The van der Waals surface area contributed by atoms with E-state index in [1.165, 1.54) is 0 Å². The molecule has 1 amide bonds. The van der Waals surface area contributed by atoms with Gasteiger partial charge in [-0.05, 0) is 24.6 Å². The lowest BCUT2D eigenvalue weighted by Crippen LogP contribution is -2.28. The summed E-state index contributed by atoms with van der Waals surface area (Å²) >= 11 is 0. The van der Waals surface area contributed by atoms with Crippen LogP contribution in [-0.2, 0) is 7.05 Å². The van der Waals surface area contributed by atoms with E-state index in [4.69, 9.17) is 0 Å². The van der Waals surface area contributed by atoms with Crippen molar-refractivity contribution in [2.24, 2.45) is 7.05 Å². The number of benzene rings is 1. The first-order valence-corrected chi connectivity index (χ1v) is 11.0. The molecule has 33 heavy (non-hydrogen) atoms. The molecule has 2 N–H and O–H groups in total. The number of unbranched alkanes of at least 4 members (excludes halogenated alkanes) is 1. The molecule has 0 aliphatic rings. The van der Waals surface area contributed by atoms with E-state index in [2.05, 4.69) is 27.3 Å². The third-order valence-corrected chi connectivity index (χ3v) is 5.82. The van der Waals surface area contributed by atoms with Gasteiger partial charge < -0.3 is 10.3 Å². The van der Waals surface area contributed by atoms with Gasteiger partial charge in [-0.3, -0.25) is 14.0 Å². The maximum absolute atomic E-state index is 13.6. The van der Waals surface area contributed by atoms with Crippen LogP contribution in [0.1, 0.15) is 35.7 Å². The van der Waals surface area contributed by atoms with Gasteiger partial charge in [-0.25, -0.2) is 9.78 Å². The lowest BCUT2D eigenvalue weighted by molar-refractivity contribution is 0.104. The van der Waals surface area contributed by atoms with Gasteiger partial charge in [0.2, 0.25) is 0 Å². The summed E-state index contributed by atoms with van der Waals surface area (Å²) in [6, 6.07) is 9.02. The third kappa shape index (κ3) is 3.69. The predicted molar refractivity (Wildman–Crippen MR) is 127 cm³/mol. The summed E-state index contributed by atoms with van der Waals surface area (Å²) < 4.78 is 3.28. The maximum atomic E-state index is 13.6. The van der Waals surface area contributed by atoms with Gasteiger partial charge in [0.15, 0.2) is 5.78 Å². The van der Waals surface area contributed by atoms with E-state index in [-0.39, 0.29) is 11.8 Å². The highest BCUT2D eigenvalue weighted by Crippen LogP contribution is 2.28. The zero-order valence-corrected chi connectivity index (χ0v) is 18.5. The van der Waals surface area contributed by atoms with Gasteiger partial charge in [0.05, 0.1) is 11.7 Å². The Morgan fingerprint density at radius 3 is 2.76 bits per heavy atom. The molecule has 0 bridgehead atoms. The number of hydrogen-bond acceptors (Lipinski definition) is 4. The van der Waals surface area contributed by atoms with Gasteiger partial charge >= 0.3 is 6.03 Å².